The maximum atomic E-state index is 11.7. The highest BCUT2D eigenvalue weighted by Gasteiger charge is 2.17. The van der Waals surface area contributed by atoms with Gasteiger partial charge in [-0.3, -0.25) is 4.79 Å². The van der Waals surface area contributed by atoms with Crippen LogP contribution in [0.3, 0.4) is 0 Å². The van der Waals surface area contributed by atoms with Gasteiger partial charge in [0.1, 0.15) is 4.90 Å². The number of rotatable bonds is 5. The Morgan fingerprint density at radius 1 is 1.33 bits per heavy atom. The molecule has 0 aliphatic carbocycles. The van der Waals surface area contributed by atoms with E-state index in [0.29, 0.717) is 18.8 Å². The largest absolute Gasteiger partial charge is 0.352 e. The number of amides is 1. The quantitative estimate of drug-likeness (QED) is 0.513. The Kier molecular flexibility index (Phi) is 5.72. The fraction of sp³-hybridized carbons (Fsp3) is 0.300. The summed E-state index contributed by atoms with van der Waals surface area (Å²) in [6.45, 7) is 0.411. The first-order valence-corrected chi connectivity index (χ1v) is 8.17. The third-order valence-electron chi connectivity index (χ3n) is 2.05. The van der Waals surface area contributed by atoms with Crippen molar-refractivity contribution in [1.82, 2.24) is 5.32 Å². The van der Waals surface area contributed by atoms with Gasteiger partial charge in [0.2, 0.25) is 0 Å². The molecule has 0 heterocycles. The Morgan fingerprint density at radius 2 is 2.00 bits per heavy atom. The molecule has 0 unspecified atom stereocenters. The molecule has 0 saturated heterocycles. The summed E-state index contributed by atoms with van der Waals surface area (Å²) in [5.41, 5.74) is 0.174. The number of nitrogens with one attached hydrogen (secondary N) is 1. The lowest BCUT2D eigenvalue weighted by molar-refractivity contribution is 0.0953. The molecule has 0 spiro atoms. The number of hydrogen-bond acceptors (Lipinski definition) is 3. The van der Waals surface area contributed by atoms with Gasteiger partial charge in [0.25, 0.3) is 15.0 Å². The highest BCUT2D eigenvalue weighted by molar-refractivity contribution is 8.13. The van der Waals surface area contributed by atoms with Crippen LogP contribution < -0.4 is 5.32 Å². The van der Waals surface area contributed by atoms with Crippen molar-refractivity contribution in [3.8, 4) is 0 Å². The molecule has 0 aliphatic heterocycles. The molecule has 18 heavy (non-hydrogen) atoms. The Balaban J connectivity index is 2.95. The molecular weight excluding hydrogens is 321 g/mol. The van der Waals surface area contributed by atoms with Crippen LogP contribution in [-0.4, -0.2) is 26.7 Å². The van der Waals surface area contributed by atoms with Crippen LogP contribution in [0.15, 0.2) is 23.1 Å². The van der Waals surface area contributed by atoms with Crippen molar-refractivity contribution in [2.75, 3.05) is 12.4 Å². The molecule has 0 fully saturated rings. The van der Waals surface area contributed by atoms with E-state index in [1.54, 1.807) is 0 Å². The minimum Gasteiger partial charge on any atom is -0.352 e. The van der Waals surface area contributed by atoms with Gasteiger partial charge >= 0.3 is 0 Å². The van der Waals surface area contributed by atoms with Crippen LogP contribution >= 0.6 is 33.9 Å². The van der Waals surface area contributed by atoms with E-state index in [2.05, 4.69) is 5.32 Å². The summed E-state index contributed by atoms with van der Waals surface area (Å²) in [4.78, 5) is 11.4. The number of carbonyl (C=O) groups is 1. The zero-order valence-electron chi connectivity index (χ0n) is 9.12. The molecule has 0 radical (unpaired) electrons. The standard InChI is InChI=1S/C10H10Cl3NO3S/c11-4-1-5-14-10(15)7-2-3-8(12)9(6-7)18(13,16)17/h2-3,6H,1,4-5H2,(H,14,15). The van der Waals surface area contributed by atoms with Gasteiger partial charge in [-0.25, -0.2) is 8.42 Å². The minimum atomic E-state index is -3.98. The number of benzene rings is 1. The van der Waals surface area contributed by atoms with E-state index in [9.17, 15) is 13.2 Å². The van der Waals surface area contributed by atoms with E-state index in [4.69, 9.17) is 33.9 Å². The topological polar surface area (TPSA) is 63.2 Å². The molecule has 0 aromatic heterocycles. The summed E-state index contributed by atoms with van der Waals surface area (Å²) in [6.07, 6.45) is 0.627. The van der Waals surface area contributed by atoms with Crippen molar-refractivity contribution in [3.63, 3.8) is 0 Å². The second kappa shape index (κ2) is 6.61. The molecule has 1 aromatic carbocycles. The van der Waals surface area contributed by atoms with Crippen LogP contribution in [-0.2, 0) is 9.05 Å². The number of hydrogen-bond donors (Lipinski definition) is 1. The molecule has 0 atom stereocenters. The highest BCUT2D eigenvalue weighted by Crippen LogP contribution is 2.25. The van der Waals surface area contributed by atoms with Crippen molar-refractivity contribution in [2.24, 2.45) is 0 Å². The van der Waals surface area contributed by atoms with Crippen LogP contribution in [0, 0.1) is 0 Å². The predicted octanol–water partition coefficient (Wildman–Crippen LogP) is 2.63. The molecule has 1 amide bonds. The van der Waals surface area contributed by atoms with Gasteiger partial charge in [0.05, 0.1) is 5.02 Å². The van der Waals surface area contributed by atoms with Crippen LogP contribution in [0.25, 0.3) is 0 Å². The second-order valence-corrected chi connectivity index (χ2v) is 6.70. The lowest BCUT2D eigenvalue weighted by Crippen LogP contribution is -2.24. The average Bonchev–Trinajstić information content (AvgIpc) is 2.28. The molecule has 1 aromatic rings. The van der Waals surface area contributed by atoms with Crippen LogP contribution in [0.5, 0.6) is 0 Å². The van der Waals surface area contributed by atoms with Gasteiger partial charge in [-0.15, -0.1) is 11.6 Å². The summed E-state index contributed by atoms with van der Waals surface area (Å²) < 4.78 is 22.4. The van der Waals surface area contributed by atoms with Crippen LogP contribution in [0.4, 0.5) is 0 Å². The first-order valence-electron chi connectivity index (χ1n) is 4.94. The lowest BCUT2D eigenvalue weighted by atomic mass is 10.2. The van der Waals surface area contributed by atoms with Gasteiger partial charge in [-0.05, 0) is 24.6 Å². The first kappa shape index (κ1) is 15.6. The molecule has 1 N–H and O–H groups in total. The van der Waals surface area contributed by atoms with E-state index in [1.165, 1.54) is 12.1 Å². The third-order valence-corrected chi connectivity index (χ3v) is 4.12. The maximum absolute atomic E-state index is 11.7. The fourth-order valence-corrected chi connectivity index (χ4v) is 2.83. The van der Waals surface area contributed by atoms with Crippen molar-refractivity contribution < 1.29 is 13.2 Å². The number of alkyl halides is 1. The predicted molar refractivity (Wildman–Crippen MR) is 72.2 cm³/mol. The van der Waals surface area contributed by atoms with E-state index in [-0.39, 0.29) is 15.5 Å². The van der Waals surface area contributed by atoms with E-state index < -0.39 is 15.0 Å². The molecule has 4 nitrogen and oxygen atoms in total. The Morgan fingerprint density at radius 3 is 2.56 bits per heavy atom. The second-order valence-electron chi connectivity index (χ2n) is 3.38. The Bertz CT molecular complexity index is 545. The summed E-state index contributed by atoms with van der Waals surface area (Å²) in [7, 11) is 1.23. The normalized spacial score (nSPS) is 11.3. The van der Waals surface area contributed by atoms with Crippen molar-refractivity contribution in [1.29, 1.82) is 0 Å². The molecule has 8 heteroatoms. The SMILES string of the molecule is O=C(NCCCCl)c1ccc(Cl)c(S(=O)(=O)Cl)c1. The van der Waals surface area contributed by atoms with Gasteiger partial charge in [0.15, 0.2) is 0 Å². The zero-order valence-corrected chi connectivity index (χ0v) is 12.2. The van der Waals surface area contributed by atoms with Crippen molar-refractivity contribution >= 4 is 48.8 Å². The average molecular weight is 331 g/mol. The van der Waals surface area contributed by atoms with Gasteiger partial charge in [-0.1, -0.05) is 11.6 Å². The smallest absolute Gasteiger partial charge is 0.262 e. The van der Waals surface area contributed by atoms with E-state index >= 15 is 0 Å². The number of carbonyl (C=O) groups excluding carboxylic acids is 1. The highest BCUT2D eigenvalue weighted by atomic mass is 35.7. The van der Waals surface area contributed by atoms with E-state index in [1.807, 2.05) is 0 Å². The summed E-state index contributed by atoms with van der Waals surface area (Å²) in [5.74, 6) is 0.0284. The van der Waals surface area contributed by atoms with Crippen LogP contribution in [0.2, 0.25) is 5.02 Å². The van der Waals surface area contributed by atoms with Gasteiger partial charge in [0, 0.05) is 28.7 Å². The summed E-state index contributed by atoms with van der Waals surface area (Å²) in [6, 6.07) is 3.87. The minimum absolute atomic E-state index is 0.0256. The number of halogens is 3. The fourth-order valence-electron chi connectivity index (χ4n) is 1.20. The van der Waals surface area contributed by atoms with Crippen LogP contribution in [0.1, 0.15) is 16.8 Å². The summed E-state index contributed by atoms with van der Waals surface area (Å²) >= 11 is 11.2. The summed E-state index contributed by atoms with van der Waals surface area (Å²) in [5, 5.41) is 2.57. The third kappa shape index (κ3) is 4.31. The molecule has 1 rings (SSSR count). The van der Waals surface area contributed by atoms with Gasteiger partial charge in [-0.2, -0.15) is 0 Å². The lowest BCUT2D eigenvalue weighted by Gasteiger charge is -2.06. The molecule has 0 saturated carbocycles. The van der Waals surface area contributed by atoms with Crippen molar-refractivity contribution in [2.45, 2.75) is 11.3 Å². The molecular formula is C10H10Cl3NO3S. The Labute approximate surface area is 120 Å². The first-order chi connectivity index (χ1) is 8.36. The molecule has 0 aliphatic rings. The zero-order chi connectivity index (χ0) is 13.8. The Hall–Kier alpha value is -0.490. The van der Waals surface area contributed by atoms with Gasteiger partial charge < -0.3 is 5.32 Å². The van der Waals surface area contributed by atoms with Crippen molar-refractivity contribution in [3.05, 3.63) is 28.8 Å². The maximum Gasteiger partial charge on any atom is 0.262 e. The molecule has 0 bridgehead atoms. The molecule has 100 valence electrons. The monoisotopic (exact) mass is 329 g/mol. The van der Waals surface area contributed by atoms with E-state index in [0.717, 1.165) is 6.07 Å².